The van der Waals surface area contributed by atoms with Crippen molar-refractivity contribution in [3.8, 4) is 17.9 Å². The van der Waals surface area contributed by atoms with E-state index in [4.69, 9.17) is 16.2 Å². The number of amides is 1. The van der Waals surface area contributed by atoms with E-state index in [1.807, 2.05) is 26.0 Å². The number of carbonyl (C=O) groups excluding carboxylic acids is 1. The van der Waals surface area contributed by atoms with Crippen LogP contribution in [-0.2, 0) is 4.79 Å². The molecule has 1 atom stereocenters. The van der Waals surface area contributed by atoms with E-state index < -0.39 is 11.2 Å². The van der Waals surface area contributed by atoms with Gasteiger partial charge in [-0.3, -0.25) is 4.79 Å². The van der Waals surface area contributed by atoms with Gasteiger partial charge in [0.15, 0.2) is 5.75 Å². The van der Waals surface area contributed by atoms with Crippen LogP contribution < -0.4 is 16.2 Å². The van der Waals surface area contributed by atoms with E-state index >= 15 is 0 Å². The molecule has 1 heterocycles. The third-order valence-corrected chi connectivity index (χ3v) is 4.10. The maximum absolute atomic E-state index is 11.2. The number of anilines is 1. The minimum atomic E-state index is -0.592. The Morgan fingerprint density at radius 2 is 1.91 bits per heavy atom. The highest BCUT2D eigenvalue weighted by atomic mass is 32.2. The number of thioether (sulfide) groups is 1. The Morgan fingerprint density at radius 1 is 1.30 bits per heavy atom. The van der Waals surface area contributed by atoms with Gasteiger partial charge >= 0.3 is 0 Å². The number of ether oxygens (including phenoxy) is 1. The normalized spacial score (nSPS) is 11.6. The highest BCUT2D eigenvalue weighted by Gasteiger charge is 2.23. The third-order valence-electron chi connectivity index (χ3n) is 3.00. The molecule has 1 unspecified atom stereocenters. The Labute approximate surface area is 139 Å². The summed E-state index contributed by atoms with van der Waals surface area (Å²) in [6.07, 6.45) is 0.762. The number of nitrogens with zero attached hydrogens (tertiary/aromatic N) is 3. The van der Waals surface area contributed by atoms with Crippen LogP contribution in [0.1, 0.15) is 38.3 Å². The van der Waals surface area contributed by atoms with E-state index in [9.17, 15) is 15.3 Å². The van der Waals surface area contributed by atoms with Crippen LogP contribution in [0.25, 0.3) is 0 Å². The van der Waals surface area contributed by atoms with Crippen LogP contribution in [0.3, 0.4) is 0 Å². The van der Waals surface area contributed by atoms with Crippen molar-refractivity contribution in [1.82, 2.24) is 4.98 Å². The number of carbonyl (C=O) groups is 1. The SMILES string of the molecule is CC(C)CCOc1c(C#N)c(N)nc(SC(C)C(N)=O)c1C#N. The molecule has 1 aromatic rings. The van der Waals surface area contributed by atoms with Crippen molar-refractivity contribution in [1.29, 1.82) is 10.5 Å². The minimum absolute atomic E-state index is 0.0291. The molecule has 0 bridgehead atoms. The van der Waals surface area contributed by atoms with E-state index in [1.165, 1.54) is 0 Å². The number of hydrogen-bond acceptors (Lipinski definition) is 7. The molecule has 8 heteroatoms. The predicted octanol–water partition coefficient (Wildman–Crippen LogP) is 1.80. The Hall–Kier alpha value is -2.45. The van der Waals surface area contributed by atoms with Gasteiger partial charge in [0.1, 0.15) is 34.1 Å². The monoisotopic (exact) mass is 333 g/mol. The lowest BCUT2D eigenvalue weighted by molar-refractivity contribution is -0.117. The van der Waals surface area contributed by atoms with Crippen LogP contribution in [0.4, 0.5) is 5.82 Å². The molecule has 1 rings (SSSR count). The Balaban J connectivity index is 3.29. The molecule has 0 saturated carbocycles. The quantitative estimate of drug-likeness (QED) is 0.725. The smallest absolute Gasteiger partial charge is 0.230 e. The molecule has 122 valence electrons. The molecule has 0 spiro atoms. The van der Waals surface area contributed by atoms with Gasteiger partial charge in [0.05, 0.1) is 11.9 Å². The minimum Gasteiger partial charge on any atom is -0.491 e. The van der Waals surface area contributed by atoms with Crippen LogP contribution in [0.2, 0.25) is 0 Å². The number of nitriles is 2. The molecule has 0 aromatic carbocycles. The molecule has 1 amide bonds. The second kappa shape index (κ2) is 8.25. The molecule has 0 saturated heterocycles. The van der Waals surface area contributed by atoms with Gasteiger partial charge in [0, 0.05) is 0 Å². The first-order chi connectivity index (χ1) is 10.8. The lowest BCUT2D eigenvalue weighted by atomic mass is 10.1. The summed E-state index contributed by atoms with van der Waals surface area (Å²) in [5.74, 6) is -0.0487. The van der Waals surface area contributed by atoms with Crippen LogP contribution in [0, 0.1) is 28.6 Å². The lowest BCUT2D eigenvalue weighted by Crippen LogP contribution is -2.23. The number of aromatic nitrogens is 1. The standard InChI is InChI=1S/C15H19N5O2S/c1-8(2)4-5-22-12-10(6-16)13(18)20-15(11(12)7-17)23-9(3)14(19)21/h8-9H,4-5H2,1-3H3,(H2,18,20)(H2,19,21). The van der Waals surface area contributed by atoms with Crippen molar-refractivity contribution in [3.05, 3.63) is 11.1 Å². The van der Waals surface area contributed by atoms with E-state index in [1.54, 1.807) is 6.92 Å². The van der Waals surface area contributed by atoms with Crippen molar-refractivity contribution in [2.45, 2.75) is 37.5 Å². The average Bonchev–Trinajstić information content (AvgIpc) is 2.46. The first-order valence-corrected chi connectivity index (χ1v) is 7.92. The van der Waals surface area contributed by atoms with Gasteiger partial charge in [-0.05, 0) is 19.3 Å². The fourth-order valence-corrected chi connectivity index (χ4v) is 2.48. The number of nitrogen functional groups attached to an aromatic ring is 1. The molecule has 0 radical (unpaired) electrons. The van der Waals surface area contributed by atoms with Crippen molar-refractivity contribution in [2.75, 3.05) is 12.3 Å². The van der Waals surface area contributed by atoms with E-state index in [0.717, 1.165) is 18.2 Å². The lowest BCUT2D eigenvalue weighted by Gasteiger charge is -2.15. The summed E-state index contributed by atoms with van der Waals surface area (Å²) in [5.41, 5.74) is 11.1. The van der Waals surface area contributed by atoms with Gasteiger partial charge in [-0.25, -0.2) is 4.98 Å². The zero-order chi connectivity index (χ0) is 17.6. The summed E-state index contributed by atoms with van der Waals surface area (Å²) in [4.78, 5) is 15.3. The Morgan fingerprint density at radius 3 is 2.39 bits per heavy atom. The van der Waals surface area contributed by atoms with Crippen molar-refractivity contribution in [3.63, 3.8) is 0 Å². The number of pyridine rings is 1. The molecule has 0 aliphatic heterocycles. The molecule has 7 nitrogen and oxygen atoms in total. The molecule has 4 N–H and O–H groups in total. The van der Waals surface area contributed by atoms with Crippen molar-refractivity contribution < 1.29 is 9.53 Å². The molecule has 0 aliphatic carbocycles. The maximum atomic E-state index is 11.2. The van der Waals surface area contributed by atoms with E-state index in [2.05, 4.69) is 4.98 Å². The summed E-state index contributed by atoms with van der Waals surface area (Å²) >= 11 is 1.01. The first kappa shape index (κ1) is 18.6. The second-order valence-electron chi connectivity index (χ2n) is 5.30. The van der Waals surface area contributed by atoms with Crippen LogP contribution in [0.5, 0.6) is 5.75 Å². The van der Waals surface area contributed by atoms with Crippen LogP contribution in [-0.4, -0.2) is 22.7 Å². The van der Waals surface area contributed by atoms with Crippen LogP contribution in [0.15, 0.2) is 5.03 Å². The molecular weight excluding hydrogens is 314 g/mol. The summed E-state index contributed by atoms with van der Waals surface area (Å²) in [6, 6.07) is 3.90. The fraction of sp³-hybridized carbons (Fsp3) is 0.467. The predicted molar refractivity (Wildman–Crippen MR) is 87.5 cm³/mol. The first-order valence-electron chi connectivity index (χ1n) is 7.04. The maximum Gasteiger partial charge on any atom is 0.230 e. The highest BCUT2D eigenvalue weighted by molar-refractivity contribution is 8.00. The van der Waals surface area contributed by atoms with E-state index in [-0.39, 0.29) is 27.7 Å². The molecule has 23 heavy (non-hydrogen) atoms. The molecule has 1 aromatic heterocycles. The second-order valence-corrected chi connectivity index (χ2v) is 6.63. The number of rotatable bonds is 7. The molecule has 0 fully saturated rings. The summed E-state index contributed by atoms with van der Waals surface area (Å²) in [7, 11) is 0. The fourth-order valence-electron chi connectivity index (χ4n) is 1.62. The third kappa shape index (κ3) is 4.76. The average molecular weight is 333 g/mol. The Bertz CT molecular complexity index is 676. The number of hydrogen-bond donors (Lipinski definition) is 2. The van der Waals surface area contributed by atoms with Gasteiger partial charge in [0.25, 0.3) is 0 Å². The molecule has 0 aliphatic rings. The summed E-state index contributed by atoms with van der Waals surface area (Å²) in [5, 5.41) is 18.3. The zero-order valence-electron chi connectivity index (χ0n) is 13.3. The largest absolute Gasteiger partial charge is 0.491 e. The Kier molecular flexibility index (Phi) is 6.67. The van der Waals surface area contributed by atoms with Crippen molar-refractivity contribution in [2.24, 2.45) is 11.7 Å². The van der Waals surface area contributed by atoms with Gasteiger partial charge in [-0.15, -0.1) is 0 Å². The van der Waals surface area contributed by atoms with Gasteiger partial charge in [-0.1, -0.05) is 25.6 Å². The van der Waals surface area contributed by atoms with Gasteiger partial charge < -0.3 is 16.2 Å². The summed E-state index contributed by atoms with van der Waals surface area (Å²) in [6.45, 7) is 6.02. The van der Waals surface area contributed by atoms with Crippen molar-refractivity contribution >= 4 is 23.5 Å². The van der Waals surface area contributed by atoms with E-state index in [0.29, 0.717) is 12.5 Å². The summed E-state index contributed by atoms with van der Waals surface area (Å²) < 4.78 is 5.63. The number of nitrogens with two attached hydrogens (primary N) is 2. The van der Waals surface area contributed by atoms with Crippen LogP contribution >= 0.6 is 11.8 Å². The zero-order valence-corrected chi connectivity index (χ0v) is 14.1. The highest BCUT2D eigenvalue weighted by Crippen LogP contribution is 2.35. The number of primary amides is 1. The van der Waals surface area contributed by atoms with Gasteiger partial charge in [0.2, 0.25) is 5.91 Å². The molecular formula is C15H19N5O2S. The topological polar surface area (TPSA) is 139 Å². The van der Waals surface area contributed by atoms with Gasteiger partial charge in [-0.2, -0.15) is 10.5 Å².